The van der Waals surface area contributed by atoms with Crippen LogP contribution in [-0.4, -0.2) is 12.3 Å². The van der Waals surface area contributed by atoms with Crippen molar-refractivity contribution in [3.8, 4) is 0 Å². The van der Waals surface area contributed by atoms with E-state index in [-0.39, 0.29) is 0 Å². The van der Waals surface area contributed by atoms with E-state index in [1.54, 1.807) is 0 Å². The lowest BCUT2D eigenvalue weighted by atomic mass is 11.0. The molecule has 0 radical (unpaired) electrons. The molecule has 0 saturated carbocycles. The highest BCUT2D eigenvalue weighted by Gasteiger charge is 1.58. The lowest BCUT2D eigenvalue weighted by Gasteiger charge is -1.66. The van der Waals surface area contributed by atoms with Crippen molar-refractivity contribution >= 4 is 45.5 Å². The Kier molecular flexibility index (Phi) is 24.9. The van der Waals surface area contributed by atoms with Gasteiger partial charge in [-0.05, 0) is 12.3 Å². The summed E-state index contributed by atoms with van der Waals surface area (Å²) in [6, 6.07) is 0. The van der Waals surface area contributed by atoms with Gasteiger partial charge in [0.05, 0.1) is 0 Å². The molecule has 0 N–H and O–H groups in total. The Morgan fingerprint density at radius 1 is 1.00 bits per heavy atom. The maximum absolute atomic E-state index is 3.28. The summed E-state index contributed by atoms with van der Waals surface area (Å²) in [6.45, 7) is 4.29. The van der Waals surface area contributed by atoms with Crippen molar-refractivity contribution in [2.75, 3.05) is 12.3 Å². The third-order valence-corrected chi connectivity index (χ3v) is 4.17. The van der Waals surface area contributed by atoms with Crippen molar-refractivity contribution in [1.29, 1.82) is 0 Å². The second-order valence-corrected chi connectivity index (χ2v) is 6.29. The summed E-state index contributed by atoms with van der Waals surface area (Å²) >= 11 is 6.55. The first-order chi connectivity index (χ1) is 3.83. The van der Waals surface area contributed by atoms with Crippen molar-refractivity contribution in [1.82, 2.24) is 0 Å². The molecule has 0 amide bonds. The minimum absolute atomic E-state index is 0.953. The summed E-state index contributed by atoms with van der Waals surface area (Å²) in [6.07, 6.45) is 2.53. The van der Waals surface area contributed by atoms with Crippen molar-refractivity contribution in [3.63, 3.8) is 0 Å². The highest BCUT2D eigenvalue weighted by Crippen LogP contribution is 2.16. The quantitative estimate of drug-likeness (QED) is 0.672. The molecule has 0 aromatic rings. The predicted octanol–water partition coefficient (Wildman–Crippen LogP) is 3.99. The van der Waals surface area contributed by atoms with Crippen molar-refractivity contribution in [2.24, 2.45) is 0 Å². The Morgan fingerprint density at radius 2 is 1.12 bits per heavy atom. The molecule has 0 saturated heterocycles. The van der Waals surface area contributed by atoms with Gasteiger partial charge in [-0.3, -0.25) is 0 Å². The zero-order valence-electron chi connectivity index (χ0n) is 5.17. The SMILES string of the molecule is CCPBr.CCPBr. The Labute approximate surface area is 71.6 Å². The molecule has 0 rings (SSSR count). The lowest BCUT2D eigenvalue weighted by molar-refractivity contribution is 1.53. The Balaban J connectivity index is 0. The maximum Gasteiger partial charge on any atom is -0.0283 e. The largest absolute Gasteiger partial charge is 0.0642 e. The molecular weight excluding hydrogens is 270 g/mol. The fraction of sp³-hybridized carbons (Fsp3) is 1.00. The van der Waals surface area contributed by atoms with Crippen LogP contribution in [0.5, 0.6) is 0 Å². The van der Waals surface area contributed by atoms with Crippen molar-refractivity contribution in [2.45, 2.75) is 13.8 Å². The van der Waals surface area contributed by atoms with Gasteiger partial charge >= 0.3 is 0 Å². The zero-order valence-corrected chi connectivity index (χ0v) is 10.3. The van der Waals surface area contributed by atoms with Crippen LogP contribution in [-0.2, 0) is 0 Å². The van der Waals surface area contributed by atoms with E-state index in [0.717, 1.165) is 14.6 Å². The Morgan fingerprint density at radius 3 is 1.12 bits per heavy atom. The average molecular weight is 282 g/mol. The number of hydrogen-bond acceptors (Lipinski definition) is 0. The van der Waals surface area contributed by atoms with Crippen LogP contribution >= 0.6 is 45.5 Å². The van der Waals surface area contributed by atoms with E-state index in [0.29, 0.717) is 0 Å². The Hall–Kier alpha value is 1.82. The number of hydrogen-bond donors (Lipinski definition) is 0. The third-order valence-electron chi connectivity index (χ3n) is 0.267. The first-order valence-electron chi connectivity index (χ1n) is 2.50. The molecule has 2 unspecified atom stereocenters. The minimum Gasteiger partial charge on any atom is -0.0642 e. The highest BCUT2D eigenvalue weighted by molar-refractivity contribution is 9.37. The molecule has 0 heterocycles. The molecule has 0 aliphatic heterocycles. The van der Waals surface area contributed by atoms with E-state index < -0.39 is 0 Å². The van der Waals surface area contributed by atoms with E-state index in [1.165, 1.54) is 12.3 Å². The molecular formula is C4H12Br2P2. The highest BCUT2D eigenvalue weighted by atomic mass is 79.9. The third kappa shape index (κ3) is 24.9. The van der Waals surface area contributed by atoms with Gasteiger partial charge in [-0.25, -0.2) is 0 Å². The molecule has 0 fully saturated rings. The summed E-state index contributed by atoms with van der Waals surface area (Å²) in [5, 5.41) is 0. The number of halogens is 2. The van der Waals surface area contributed by atoms with Crippen LogP contribution in [0.15, 0.2) is 0 Å². The standard InChI is InChI=1S/2C2H6BrP/c2*1-2-4-3/h2*4H,2H2,1H3. The monoisotopic (exact) mass is 280 g/mol. The van der Waals surface area contributed by atoms with Gasteiger partial charge in [-0.2, -0.15) is 0 Å². The van der Waals surface area contributed by atoms with Crippen LogP contribution in [0, 0.1) is 0 Å². The predicted molar refractivity (Wildman–Crippen MR) is 55.6 cm³/mol. The lowest BCUT2D eigenvalue weighted by Crippen LogP contribution is -1.40. The van der Waals surface area contributed by atoms with E-state index in [9.17, 15) is 0 Å². The van der Waals surface area contributed by atoms with Crippen LogP contribution in [0.3, 0.4) is 0 Å². The molecule has 0 aromatic heterocycles. The molecule has 0 aliphatic carbocycles. The van der Waals surface area contributed by atoms with Gasteiger partial charge in [0.25, 0.3) is 0 Å². The van der Waals surface area contributed by atoms with E-state index in [2.05, 4.69) is 44.8 Å². The topological polar surface area (TPSA) is 0 Å². The van der Waals surface area contributed by atoms with Crippen LogP contribution in [0.4, 0.5) is 0 Å². The smallest absolute Gasteiger partial charge is 0.0283 e. The molecule has 0 spiro atoms. The fourth-order valence-electron chi connectivity index (χ4n) is 0. The van der Waals surface area contributed by atoms with E-state index >= 15 is 0 Å². The van der Waals surface area contributed by atoms with Gasteiger partial charge in [-0.15, -0.1) is 0 Å². The molecule has 52 valence electrons. The molecule has 2 atom stereocenters. The van der Waals surface area contributed by atoms with E-state index in [1.807, 2.05) is 0 Å². The maximum atomic E-state index is 3.28. The van der Waals surface area contributed by atoms with Gasteiger partial charge < -0.3 is 0 Å². The first kappa shape index (κ1) is 12.5. The van der Waals surface area contributed by atoms with Crippen molar-refractivity contribution < 1.29 is 0 Å². The number of rotatable bonds is 2. The Bertz CT molecular complexity index is 20.0. The van der Waals surface area contributed by atoms with Gasteiger partial charge in [0.1, 0.15) is 0 Å². The molecule has 0 nitrogen and oxygen atoms in total. The second-order valence-electron chi connectivity index (χ2n) is 0.974. The molecule has 8 heavy (non-hydrogen) atoms. The summed E-state index contributed by atoms with van der Waals surface area (Å²) < 4.78 is 0. The first-order valence-corrected chi connectivity index (χ1v) is 9.43. The second kappa shape index (κ2) is 15.9. The molecule has 0 aliphatic rings. The molecule has 0 bridgehead atoms. The van der Waals surface area contributed by atoms with E-state index in [4.69, 9.17) is 0 Å². The van der Waals surface area contributed by atoms with Gasteiger partial charge in [0, 0.05) is 0 Å². The zero-order chi connectivity index (χ0) is 6.83. The van der Waals surface area contributed by atoms with Crippen LogP contribution in [0.1, 0.15) is 13.8 Å². The molecule has 0 aromatic carbocycles. The summed E-state index contributed by atoms with van der Waals surface area (Å²) in [5.74, 6) is 0. The van der Waals surface area contributed by atoms with Gasteiger partial charge in [0.2, 0.25) is 0 Å². The summed E-state index contributed by atoms with van der Waals surface area (Å²) in [5.41, 5.74) is 0. The molecule has 4 heteroatoms. The van der Waals surface area contributed by atoms with Gasteiger partial charge in [-0.1, -0.05) is 59.4 Å². The van der Waals surface area contributed by atoms with Crippen LogP contribution < -0.4 is 0 Å². The normalized spacial score (nSPS) is 10.5. The van der Waals surface area contributed by atoms with Crippen LogP contribution in [0.25, 0.3) is 0 Å². The van der Waals surface area contributed by atoms with Crippen LogP contribution in [0.2, 0.25) is 0 Å². The average Bonchev–Trinajstić information content (AvgIpc) is 1.88. The van der Waals surface area contributed by atoms with Crippen molar-refractivity contribution in [3.05, 3.63) is 0 Å². The summed E-state index contributed by atoms with van der Waals surface area (Å²) in [7, 11) is 1.91. The fourth-order valence-corrected chi connectivity index (χ4v) is 0. The minimum atomic E-state index is 0.953. The van der Waals surface area contributed by atoms with Gasteiger partial charge in [0.15, 0.2) is 0 Å². The summed E-state index contributed by atoms with van der Waals surface area (Å²) in [4.78, 5) is 0.